The number of anilines is 1. The molecule has 1 aromatic carbocycles. The van der Waals surface area contributed by atoms with Crippen LogP contribution in [-0.4, -0.2) is 56.1 Å². The number of carbonyl (C=O) groups is 2. The first-order chi connectivity index (χ1) is 12.4. The SMILES string of the molecule is CNc1ccccc1C(=O)N1CCOCC(NC(=O)C2CCC2(C)C)C1. The zero-order valence-corrected chi connectivity index (χ0v) is 15.9. The number of carbonyl (C=O) groups excluding carboxylic acids is 2. The molecule has 26 heavy (non-hydrogen) atoms. The molecule has 2 atom stereocenters. The monoisotopic (exact) mass is 359 g/mol. The van der Waals surface area contributed by atoms with Gasteiger partial charge in [-0.3, -0.25) is 9.59 Å². The molecule has 6 nitrogen and oxygen atoms in total. The molecule has 2 amide bonds. The van der Waals surface area contributed by atoms with Crippen LogP contribution in [0.15, 0.2) is 24.3 Å². The summed E-state index contributed by atoms with van der Waals surface area (Å²) in [4.78, 5) is 27.4. The van der Waals surface area contributed by atoms with Gasteiger partial charge in [-0.2, -0.15) is 0 Å². The van der Waals surface area contributed by atoms with E-state index in [9.17, 15) is 9.59 Å². The van der Waals surface area contributed by atoms with Crippen molar-refractivity contribution in [3.63, 3.8) is 0 Å². The molecule has 1 saturated heterocycles. The third-order valence-corrected chi connectivity index (χ3v) is 5.66. The van der Waals surface area contributed by atoms with E-state index < -0.39 is 0 Å². The Hall–Kier alpha value is -2.08. The van der Waals surface area contributed by atoms with Crippen LogP contribution in [0.2, 0.25) is 0 Å². The second-order valence-corrected chi connectivity index (χ2v) is 7.91. The van der Waals surface area contributed by atoms with Gasteiger partial charge in [0.2, 0.25) is 5.91 Å². The largest absolute Gasteiger partial charge is 0.387 e. The van der Waals surface area contributed by atoms with Crippen molar-refractivity contribution in [3.8, 4) is 0 Å². The summed E-state index contributed by atoms with van der Waals surface area (Å²) in [7, 11) is 1.81. The lowest BCUT2D eigenvalue weighted by molar-refractivity contribution is -0.135. The van der Waals surface area contributed by atoms with Crippen LogP contribution in [0.25, 0.3) is 0 Å². The molecule has 1 aromatic rings. The fraction of sp³-hybridized carbons (Fsp3) is 0.600. The van der Waals surface area contributed by atoms with Crippen LogP contribution in [0, 0.1) is 11.3 Å². The lowest BCUT2D eigenvalue weighted by atomic mass is 9.62. The van der Waals surface area contributed by atoms with E-state index in [0.29, 0.717) is 31.9 Å². The topological polar surface area (TPSA) is 70.7 Å². The Kier molecular flexibility index (Phi) is 5.51. The molecule has 6 heteroatoms. The van der Waals surface area contributed by atoms with E-state index in [1.807, 2.05) is 24.3 Å². The molecule has 2 aliphatic rings. The molecule has 0 bridgehead atoms. The summed E-state index contributed by atoms with van der Waals surface area (Å²) < 4.78 is 5.64. The van der Waals surface area contributed by atoms with Crippen molar-refractivity contribution < 1.29 is 14.3 Å². The van der Waals surface area contributed by atoms with Gasteiger partial charge in [-0.05, 0) is 30.4 Å². The summed E-state index contributed by atoms with van der Waals surface area (Å²) in [6.45, 7) is 6.18. The first-order valence-electron chi connectivity index (χ1n) is 9.36. The number of benzene rings is 1. The minimum Gasteiger partial charge on any atom is -0.387 e. The van der Waals surface area contributed by atoms with Gasteiger partial charge in [0.05, 0.1) is 24.8 Å². The van der Waals surface area contributed by atoms with Crippen LogP contribution in [0.5, 0.6) is 0 Å². The molecule has 1 saturated carbocycles. The molecule has 0 spiro atoms. The van der Waals surface area contributed by atoms with Crippen molar-refractivity contribution in [3.05, 3.63) is 29.8 Å². The van der Waals surface area contributed by atoms with Crippen molar-refractivity contribution in [2.75, 3.05) is 38.7 Å². The average molecular weight is 359 g/mol. The number of hydrogen-bond acceptors (Lipinski definition) is 4. The first-order valence-corrected chi connectivity index (χ1v) is 9.36. The number of ether oxygens (including phenoxy) is 1. The van der Waals surface area contributed by atoms with E-state index in [2.05, 4.69) is 24.5 Å². The standard InChI is InChI=1S/C20H29N3O3/c1-20(2)9-8-16(20)18(24)22-14-12-23(10-11-26-13-14)19(25)15-6-4-5-7-17(15)21-3/h4-7,14,16,21H,8-13H2,1-3H3,(H,22,24). The minimum absolute atomic E-state index is 0.0383. The van der Waals surface area contributed by atoms with Crippen molar-refractivity contribution in [2.45, 2.75) is 32.7 Å². The second-order valence-electron chi connectivity index (χ2n) is 7.91. The van der Waals surface area contributed by atoms with Crippen LogP contribution in [0.4, 0.5) is 5.69 Å². The Morgan fingerprint density at radius 2 is 2.04 bits per heavy atom. The van der Waals surface area contributed by atoms with Crippen molar-refractivity contribution in [1.29, 1.82) is 0 Å². The lowest BCUT2D eigenvalue weighted by Gasteiger charge is -2.43. The van der Waals surface area contributed by atoms with Crippen molar-refractivity contribution >= 4 is 17.5 Å². The van der Waals surface area contributed by atoms with E-state index in [-0.39, 0.29) is 29.2 Å². The summed E-state index contributed by atoms with van der Waals surface area (Å²) in [5.41, 5.74) is 1.51. The molecule has 0 aromatic heterocycles. The van der Waals surface area contributed by atoms with Crippen molar-refractivity contribution in [2.24, 2.45) is 11.3 Å². The van der Waals surface area contributed by atoms with Crippen LogP contribution in [0.3, 0.4) is 0 Å². The van der Waals surface area contributed by atoms with Gasteiger partial charge in [-0.15, -0.1) is 0 Å². The first kappa shape index (κ1) is 18.7. The molecule has 1 heterocycles. The third kappa shape index (κ3) is 3.85. The average Bonchev–Trinajstić information content (AvgIpc) is 2.85. The van der Waals surface area contributed by atoms with Gasteiger partial charge in [0.1, 0.15) is 0 Å². The summed E-state index contributed by atoms with van der Waals surface area (Å²) >= 11 is 0. The number of rotatable bonds is 4. The Labute approximate surface area is 155 Å². The molecule has 2 unspecified atom stereocenters. The predicted octanol–water partition coefficient (Wildman–Crippen LogP) is 2.12. The maximum absolute atomic E-state index is 13.0. The van der Waals surface area contributed by atoms with Crippen LogP contribution in [-0.2, 0) is 9.53 Å². The van der Waals surface area contributed by atoms with Gasteiger partial charge in [-0.1, -0.05) is 26.0 Å². The number of para-hydroxylation sites is 1. The summed E-state index contributed by atoms with van der Waals surface area (Å²) in [5.74, 6) is 0.100. The molecule has 0 radical (unpaired) electrons. The lowest BCUT2D eigenvalue weighted by Crippen LogP contribution is -2.52. The molecule has 2 fully saturated rings. The van der Waals surface area contributed by atoms with Crippen LogP contribution < -0.4 is 10.6 Å². The van der Waals surface area contributed by atoms with Gasteiger partial charge in [-0.25, -0.2) is 0 Å². The molecular formula is C20H29N3O3. The number of nitrogens with zero attached hydrogens (tertiary/aromatic N) is 1. The minimum atomic E-state index is -0.174. The maximum Gasteiger partial charge on any atom is 0.256 e. The Morgan fingerprint density at radius 1 is 1.27 bits per heavy atom. The Balaban J connectivity index is 1.67. The fourth-order valence-electron chi connectivity index (χ4n) is 3.79. The maximum atomic E-state index is 13.0. The quantitative estimate of drug-likeness (QED) is 0.864. The van der Waals surface area contributed by atoms with E-state index in [0.717, 1.165) is 18.5 Å². The summed E-state index contributed by atoms with van der Waals surface area (Å²) in [6, 6.07) is 7.30. The molecular weight excluding hydrogens is 330 g/mol. The van der Waals surface area contributed by atoms with E-state index in [1.54, 1.807) is 11.9 Å². The van der Waals surface area contributed by atoms with Gasteiger partial charge >= 0.3 is 0 Å². The summed E-state index contributed by atoms with van der Waals surface area (Å²) in [5, 5.41) is 6.17. The summed E-state index contributed by atoms with van der Waals surface area (Å²) in [6.07, 6.45) is 2.02. The van der Waals surface area contributed by atoms with Gasteiger partial charge in [0, 0.05) is 31.7 Å². The normalized spacial score (nSPS) is 25.0. The predicted molar refractivity (Wildman–Crippen MR) is 101 cm³/mol. The molecule has 1 aliphatic carbocycles. The highest BCUT2D eigenvalue weighted by atomic mass is 16.5. The van der Waals surface area contributed by atoms with E-state index in [1.165, 1.54) is 0 Å². The third-order valence-electron chi connectivity index (χ3n) is 5.66. The van der Waals surface area contributed by atoms with Crippen LogP contribution >= 0.6 is 0 Å². The molecule has 142 valence electrons. The van der Waals surface area contributed by atoms with E-state index in [4.69, 9.17) is 4.74 Å². The van der Waals surface area contributed by atoms with Gasteiger partial charge < -0.3 is 20.3 Å². The molecule has 1 aliphatic heterocycles. The number of nitrogens with one attached hydrogen (secondary N) is 2. The van der Waals surface area contributed by atoms with E-state index >= 15 is 0 Å². The molecule has 2 N–H and O–H groups in total. The molecule has 3 rings (SSSR count). The van der Waals surface area contributed by atoms with Gasteiger partial charge in [0.25, 0.3) is 5.91 Å². The van der Waals surface area contributed by atoms with Gasteiger partial charge in [0.15, 0.2) is 0 Å². The fourth-order valence-corrected chi connectivity index (χ4v) is 3.79. The Bertz CT molecular complexity index is 674. The highest BCUT2D eigenvalue weighted by Crippen LogP contribution is 2.45. The number of hydrogen-bond donors (Lipinski definition) is 2. The highest BCUT2D eigenvalue weighted by Gasteiger charge is 2.43. The zero-order valence-electron chi connectivity index (χ0n) is 15.9. The van der Waals surface area contributed by atoms with Crippen molar-refractivity contribution in [1.82, 2.24) is 10.2 Å². The zero-order chi connectivity index (χ0) is 18.7. The second kappa shape index (κ2) is 7.66. The van der Waals surface area contributed by atoms with Crippen LogP contribution in [0.1, 0.15) is 37.0 Å². The smallest absolute Gasteiger partial charge is 0.256 e. The highest BCUT2D eigenvalue weighted by molar-refractivity contribution is 5.99. The Morgan fingerprint density at radius 3 is 2.69 bits per heavy atom. The number of amides is 2.